The predicted molar refractivity (Wildman–Crippen MR) is 87.4 cm³/mol. The van der Waals surface area contributed by atoms with Gasteiger partial charge in [-0.2, -0.15) is 0 Å². The topological polar surface area (TPSA) is 37.3 Å². The minimum absolute atomic E-state index is 0.0218. The Balaban J connectivity index is 2.78. The smallest absolute Gasteiger partial charge is 0.160 e. The fraction of sp³-hybridized carbons (Fsp3) is 0.278. The predicted octanol–water partition coefficient (Wildman–Crippen LogP) is 5.35. The summed E-state index contributed by atoms with van der Waals surface area (Å²) in [5.41, 5.74) is 4.40. The highest BCUT2D eigenvalue weighted by Crippen LogP contribution is 2.39. The first-order valence-corrected chi connectivity index (χ1v) is 7.34. The van der Waals surface area contributed by atoms with Gasteiger partial charge in [-0.15, -0.1) is 0 Å². The molecule has 21 heavy (non-hydrogen) atoms. The number of benzene rings is 2. The molecule has 2 aromatic carbocycles. The van der Waals surface area contributed by atoms with Crippen LogP contribution in [0.5, 0.6) is 5.75 Å². The van der Waals surface area contributed by atoms with E-state index in [9.17, 15) is 9.90 Å². The first-order chi connectivity index (χ1) is 9.82. The first kappa shape index (κ1) is 15.6. The molecule has 0 aliphatic heterocycles. The second-order valence-corrected chi connectivity index (χ2v) is 5.96. The van der Waals surface area contributed by atoms with Crippen LogP contribution in [0, 0.1) is 6.92 Å². The van der Waals surface area contributed by atoms with Gasteiger partial charge in [-0.3, -0.25) is 4.79 Å². The van der Waals surface area contributed by atoms with Gasteiger partial charge in [-0.25, -0.2) is 0 Å². The molecule has 0 aliphatic carbocycles. The number of ketones is 1. The molecule has 0 aliphatic rings. The number of aromatic hydroxyl groups is 1. The largest absolute Gasteiger partial charge is 0.508 e. The zero-order chi connectivity index (χ0) is 15.7. The van der Waals surface area contributed by atoms with Crippen LogP contribution < -0.4 is 0 Å². The van der Waals surface area contributed by atoms with Gasteiger partial charge in [0.2, 0.25) is 0 Å². The molecule has 110 valence electrons. The fourth-order valence-corrected chi connectivity index (χ4v) is 2.83. The van der Waals surface area contributed by atoms with Crippen molar-refractivity contribution < 1.29 is 9.90 Å². The van der Waals surface area contributed by atoms with E-state index in [1.54, 1.807) is 19.1 Å². The Kier molecular flexibility index (Phi) is 4.38. The van der Waals surface area contributed by atoms with Crippen molar-refractivity contribution in [3.63, 3.8) is 0 Å². The molecule has 0 aromatic heterocycles. The van der Waals surface area contributed by atoms with E-state index in [4.69, 9.17) is 11.6 Å². The van der Waals surface area contributed by atoms with E-state index in [1.807, 2.05) is 25.1 Å². The molecule has 0 saturated heterocycles. The second kappa shape index (κ2) is 5.90. The number of carbonyl (C=O) groups excluding carboxylic acids is 1. The molecule has 2 aromatic rings. The van der Waals surface area contributed by atoms with Crippen LogP contribution >= 0.6 is 11.6 Å². The molecule has 0 atom stereocenters. The van der Waals surface area contributed by atoms with E-state index >= 15 is 0 Å². The highest BCUT2D eigenvalue weighted by Gasteiger charge is 2.19. The monoisotopic (exact) mass is 302 g/mol. The van der Waals surface area contributed by atoms with Gasteiger partial charge >= 0.3 is 0 Å². The number of hydrogen-bond donors (Lipinski definition) is 1. The zero-order valence-electron chi connectivity index (χ0n) is 12.7. The van der Waals surface area contributed by atoms with Crippen molar-refractivity contribution in [2.24, 2.45) is 0 Å². The van der Waals surface area contributed by atoms with Crippen LogP contribution in [0.3, 0.4) is 0 Å². The highest BCUT2D eigenvalue weighted by molar-refractivity contribution is 6.35. The quantitative estimate of drug-likeness (QED) is 0.776. The van der Waals surface area contributed by atoms with Gasteiger partial charge in [0.15, 0.2) is 5.78 Å². The summed E-state index contributed by atoms with van der Waals surface area (Å²) in [7, 11) is 0. The molecule has 0 radical (unpaired) electrons. The van der Waals surface area contributed by atoms with Gasteiger partial charge in [0.1, 0.15) is 5.75 Å². The number of phenols is 1. The minimum atomic E-state index is 0.0218. The van der Waals surface area contributed by atoms with E-state index in [0.29, 0.717) is 10.6 Å². The summed E-state index contributed by atoms with van der Waals surface area (Å²) in [4.78, 5) is 11.8. The normalized spacial score (nSPS) is 11.0. The molecule has 0 saturated carbocycles. The average Bonchev–Trinajstić information content (AvgIpc) is 2.42. The maximum absolute atomic E-state index is 11.8. The van der Waals surface area contributed by atoms with Crippen molar-refractivity contribution in [2.45, 2.75) is 33.6 Å². The molecule has 2 nitrogen and oxygen atoms in total. The van der Waals surface area contributed by atoms with E-state index in [2.05, 4.69) is 13.8 Å². The third kappa shape index (κ3) is 2.96. The Morgan fingerprint density at radius 3 is 2.24 bits per heavy atom. The Labute approximate surface area is 130 Å². The van der Waals surface area contributed by atoms with Gasteiger partial charge in [-0.1, -0.05) is 37.6 Å². The molecular weight excluding hydrogens is 284 g/mol. The highest BCUT2D eigenvalue weighted by atomic mass is 35.5. The van der Waals surface area contributed by atoms with Gasteiger partial charge in [0, 0.05) is 11.1 Å². The van der Waals surface area contributed by atoms with Crippen LogP contribution in [-0.4, -0.2) is 10.9 Å². The number of carbonyl (C=O) groups is 1. The Bertz CT molecular complexity index is 685. The van der Waals surface area contributed by atoms with Crippen molar-refractivity contribution >= 4 is 17.4 Å². The van der Waals surface area contributed by atoms with Crippen molar-refractivity contribution in [3.8, 4) is 16.9 Å². The maximum Gasteiger partial charge on any atom is 0.160 e. The van der Waals surface area contributed by atoms with Crippen molar-refractivity contribution in [3.05, 3.63) is 52.0 Å². The van der Waals surface area contributed by atoms with Crippen molar-refractivity contribution in [1.29, 1.82) is 0 Å². The number of Topliss-reactive ketones (excluding diaryl/α,β-unsaturated/α-hetero) is 1. The van der Waals surface area contributed by atoms with Crippen molar-refractivity contribution in [1.82, 2.24) is 0 Å². The number of rotatable bonds is 3. The van der Waals surface area contributed by atoms with E-state index in [-0.39, 0.29) is 17.5 Å². The van der Waals surface area contributed by atoms with Crippen LogP contribution in [0.25, 0.3) is 11.1 Å². The number of phenolic OH excluding ortho intramolecular Hbond substituents is 1. The molecule has 0 unspecified atom stereocenters. The SMILES string of the molecule is CC(=O)c1cc(C(C)C)c(-c2ccc(O)cc2)c(Cl)c1C. The van der Waals surface area contributed by atoms with Gasteiger partial charge in [0.25, 0.3) is 0 Å². The summed E-state index contributed by atoms with van der Waals surface area (Å²) >= 11 is 6.55. The Hall–Kier alpha value is -1.80. The number of hydrogen-bond acceptors (Lipinski definition) is 2. The zero-order valence-corrected chi connectivity index (χ0v) is 13.5. The lowest BCUT2D eigenvalue weighted by Gasteiger charge is -2.19. The lowest BCUT2D eigenvalue weighted by atomic mass is 9.87. The molecule has 3 heteroatoms. The molecule has 0 fully saturated rings. The fourth-order valence-electron chi connectivity index (χ4n) is 2.51. The van der Waals surface area contributed by atoms with Crippen molar-refractivity contribution in [2.75, 3.05) is 0 Å². The molecule has 0 bridgehead atoms. The van der Waals surface area contributed by atoms with E-state index < -0.39 is 0 Å². The lowest BCUT2D eigenvalue weighted by molar-refractivity contribution is 0.101. The minimum Gasteiger partial charge on any atom is -0.508 e. The average molecular weight is 303 g/mol. The van der Waals surface area contributed by atoms with Gasteiger partial charge in [-0.05, 0) is 54.7 Å². The number of halogens is 1. The summed E-state index contributed by atoms with van der Waals surface area (Å²) in [6.07, 6.45) is 0. The molecular formula is C18H19ClO2. The Morgan fingerprint density at radius 2 is 1.76 bits per heavy atom. The third-order valence-electron chi connectivity index (χ3n) is 3.70. The standard InChI is InChI=1S/C18H19ClO2/c1-10(2)15-9-16(12(4)20)11(3)18(19)17(15)13-5-7-14(21)8-6-13/h5-10,21H,1-4H3. The Morgan fingerprint density at radius 1 is 1.19 bits per heavy atom. The molecule has 0 amide bonds. The van der Waals surface area contributed by atoms with E-state index in [0.717, 1.165) is 22.3 Å². The van der Waals surface area contributed by atoms with Gasteiger partial charge < -0.3 is 5.11 Å². The summed E-state index contributed by atoms with van der Waals surface area (Å²) in [6, 6.07) is 8.91. The summed E-state index contributed by atoms with van der Waals surface area (Å²) in [5.74, 6) is 0.483. The summed E-state index contributed by atoms with van der Waals surface area (Å²) in [5, 5.41) is 10.1. The van der Waals surface area contributed by atoms with Crippen LogP contribution in [0.1, 0.15) is 48.2 Å². The molecule has 0 spiro atoms. The maximum atomic E-state index is 11.8. The summed E-state index contributed by atoms with van der Waals surface area (Å²) < 4.78 is 0. The molecule has 0 heterocycles. The third-order valence-corrected chi connectivity index (χ3v) is 4.17. The first-order valence-electron chi connectivity index (χ1n) is 6.96. The van der Waals surface area contributed by atoms with Crippen LogP contribution in [0.4, 0.5) is 0 Å². The van der Waals surface area contributed by atoms with Crippen LogP contribution in [0.15, 0.2) is 30.3 Å². The summed E-state index contributed by atoms with van der Waals surface area (Å²) in [6.45, 7) is 7.58. The van der Waals surface area contributed by atoms with Crippen LogP contribution in [0.2, 0.25) is 5.02 Å². The molecule has 1 N–H and O–H groups in total. The molecule has 2 rings (SSSR count). The van der Waals surface area contributed by atoms with E-state index in [1.165, 1.54) is 0 Å². The lowest BCUT2D eigenvalue weighted by Crippen LogP contribution is -2.03. The van der Waals surface area contributed by atoms with Crippen LogP contribution in [-0.2, 0) is 0 Å². The second-order valence-electron chi connectivity index (χ2n) is 5.59. The van der Waals surface area contributed by atoms with Gasteiger partial charge in [0.05, 0.1) is 5.02 Å².